The zero-order valence-corrected chi connectivity index (χ0v) is 16.9. The molecule has 0 spiro atoms. The van der Waals surface area contributed by atoms with E-state index in [2.05, 4.69) is 27.0 Å². The second-order valence-electron chi connectivity index (χ2n) is 7.02. The van der Waals surface area contributed by atoms with Crippen molar-refractivity contribution in [1.29, 1.82) is 0 Å². The summed E-state index contributed by atoms with van der Waals surface area (Å²) in [6.07, 6.45) is 2.38. The van der Waals surface area contributed by atoms with Gasteiger partial charge in [0.15, 0.2) is 5.16 Å². The maximum atomic E-state index is 12.9. The number of carbonyl (C=O) groups is 1. The quantitative estimate of drug-likeness (QED) is 0.577. The molecule has 1 fully saturated rings. The summed E-state index contributed by atoms with van der Waals surface area (Å²) in [7, 11) is 0. The molecule has 3 aromatic rings. The van der Waals surface area contributed by atoms with Crippen LogP contribution in [-0.2, 0) is 11.3 Å². The number of nitrogens with zero attached hydrogens (tertiary/aromatic N) is 3. The number of hydrogen-bond donors (Lipinski definition) is 1. The van der Waals surface area contributed by atoms with Crippen LogP contribution in [0.15, 0.2) is 59.8 Å². The average Bonchev–Trinajstić information content (AvgIpc) is 3.49. The second kappa shape index (κ2) is 8.19. The van der Waals surface area contributed by atoms with Crippen LogP contribution < -0.4 is 5.32 Å². The molecule has 1 heterocycles. The van der Waals surface area contributed by atoms with Crippen LogP contribution in [0.1, 0.15) is 38.4 Å². The van der Waals surface area contributed by atoms with Crippen molar-refractivity contribution >= 4 is 23.4 Å². The molecular formula is C22H24N4OS. The van der Waals surface area contributed by atoms with Crippen LogP contribution in [0.3, 0.4) is 0 Å². The zero-order valence-electron chi connectivity index (χ0n) is 16.1. The Morgan fingerprint density at radius 1 is 1.14 bits per heavy atom. The largest absolute Gasteiger partial charge is 0.325 e. The third-order valence-corrected chi connectivity index (χ3v) is 6.01. The van der Waals surface area contributed by atoms with Crippen molar-refractivity contribution < 1.29 is 4.79 Å². The first-order valence-corrected chi connectivity index (χ1v) is 10.6. The molecule has 6 heteroatoms. The van der Waals surface area contributed by atoms with Gasteiger partial charge in [-0.25, -0.2) is 0 Å². The molecule has 28 heavy (non-hydrogen) atoms. The lowest BCUT2D eigenvalue weighted by atomic mass is 10.0. The predicted molar refractivity (Wildman–Crippen MR) is 113 cm³/mol. The van der Waals surface area contributed by atoms with Crippen molar-refractivity contribution in [2.45, 2.75) is 49.6 Å². The highest BCUT2D eigenvalue weighted by atomic mass is 32.2. The van der Waals surface area contributed by atoms with Gasteiger partial charge in [-0.1, -0.05) is 60.3 Å². The van der Waals surface area contributed by atoms with E-state index in [1.165, 1.54) is 24.6 Å². The summed E-state index contributed by atoms with van der Waals surface area (Å²) in [5.41, 5.74) is 2.92. The van der Waals surface area contributed by atoms with Crippen molar-refractivity contribution in [2.75, 3.05) is 5.32 Å². The van der Waals surface area contributed by atoms with Crippen molar-refractivity contribution in [3.8, 4) is 11.1 Å². The number of carbonyl (C=O) groups excluding carboxylic acids is 1. The summed E-state index contributed by atoms with van der Waals surface area (Å²) in [6.45, 7) is 4.84. The lowest BCUT2D eigenvalue weighted by Gasteiger charge is -2.15. The Labute approximate surface area is 169 Å². The molecule has 0 radical (unpaired) electrons. The first-order chi connectivity index (χ1) is 13.7. The molecule has 0 bridgehead atoms. The normalized spacial score (nSPS) is 14.6. The van der Waals surface area contributed by atoms with E-state index in [0.29, 0.717) is 5.92 Å². The Morgan fingerprint density at radius 3 is 2.57 bits per heavy atom. The van der Waals surface area contributed by atoms with Crippen molar-refractivity contribution in [3.63, 3.8) is 0 Å². The van der Waals surface area contributed by atoms with E-state index in [1.54, 1.807) is 0 Å². The zero-order chi connectivity index (χ0) is 19.5. The number of nitrogens with one attached hydrogen (secondary N) is 1. The minimum absolute atomic E-state index is 0.0352. The minimum atomic E-state index is -0.273. The van der Waals surface area contributed by atoms with Crippen LogP contribution in [0.5, 0.6) is 0 Å². The van der Waals surface area contributed by atoms with Crippen LogP contribution in [0, 0.1) is 0 Å². The third-order valence-electron chi connectivity index (χ3n) is 4.93. The molecule has 1 aliphatic carbocycles. The molecule has 4 rings (SSSR count). The van der Waals surface area contributed by atoms with Gasteiger partial charge in [0.05, 0.1) is 5.25 Å². The van der Waals surface area contributed by atoms with E-state index < -0.39 is 0 Å². The number of benzene rings is 2. The first-order valence-electron chi connectivity index (χ1n) is 9.72. The average molecular weight is 393 g/mol. The topological polar surface area (TPSA) is 59.8 Å². The van der Waals surface area contributed by atoms with E-state index in [0.717, 1.165) is 34.3 Å². The number of hydrogen-bond acceptors (Lipinski definition) is 4. The second-order valence-corrected chi connectivity index (χ2v) is 8.33. The van der Waals surface area contributed by atoms with Crippen LogP contribution >= 0.6 is 11.8 Å². The minimum Gasteiger partial charge on any atom is -0.325 e. The molecule has 1 aromatic heterocycles. The van der Waals surface area contributed by atoms with Gasteiger partial charge >= 0.3 is 0 Å². The van der Waals surface area contributed by atoms with E-state index >= 15 is 0 Å². The van der Waals surface area contributed by atoms with Gasteiger partial charge in [0.1, 0.15) is 5.82 Å². The molecule has 2 aromatic carbocycles. The summed E-state index contributed by atoms with van der Waals surface area (Å²) < 4.78 is 2.14. The maximum absolute atomic E-state index is 12.9. The Balaban J connectivity index is 1.49. The van der Waals surface area contributed by atoms with E-state index in [4.69, 9.17) is 0 Å². The highest BCUT2D eigenvalue weighted by Gasteiger charge is 2.30. The van der Waals surface area contributed by atoms with Gasteiger partial charge in [0.25, 0.3) is 0 Å². The fraction of sp³-hybridized carbons (Fsp3) is 0.318. The number of amides is 1. The summed E-state index contributed by atoms with van der Waals surface area (Å²) in [5.74, 6) is 1.57. The van der Waals surface area contributed by atoms with E-state index in [1.807, 2.05) is 61.5 Å². The molecule has 1 saturated carbocycles. The molecule has 0 saturated heterocycles. The van der Waals surface area contributed by atoms with E-state index in [-0.39, 0.29) is 11.2 Å². The molecule has 1 atom stereocenters. The Morgan fingerprint density at radius 2 is 1.86 bits per heavy atom. The molecule has 1 N–H and O–H groups in total. The molecule has 5 nitrogen and oxygen atoms in total. The lowest BCUT2D eigenvalue weighted by Crippen LogP contribution is -2.23. The summed E-state index contributed by atoms with van der Waals surface area (Å²) in [5, 5.41) is 12.3. The Kier molecular flexibility index (Phi) is 5.48. The SMILES string of the molecule is CCn1c(S[C@@H](C)C(=O)Nc2ccccc2-c2ccccc2)nnc1C1CC1. The predicted octanol–water partition coefficient (Wildman–Crippen LogP) is 4.96. The van der Waals surface area contributed by atoms with Gasteiger partial charge in [0, 0.05) is 23.7 Å². The van der Waals surface area contributed by atoms with Crippen molar-refractivity contribution in [2.24, 2.45) is 0 Å². The Hall–Kier alpha value is -2.60. The van der Waals surface area contributed by atoms with Gasteiger partial charge in [-0.3, -0.25) is 4.79 Å². The van der Waals surface area contributed by atoms with Gasteiger partial charge < -0.3 is 9.88 Å². The fourth-order valence-corrected chi connectivity index (χ4v) is 4.16. The standard InChI is InChI=1S/C22H24N4OS/c1-3-26-20(17-13-14-17)24-25-22(26)28-15(2)21(27)23-19-12-8-7-11-18(19)16-9-5-4-6-10-16/h4-12,15,17H,3,13-14H2,1-2H3,(H,23,27)/t15-/m0/s1. The number of thioether (sulfide) groups is 1. The molecule has 1 amide bonds. The van der Waals surface area contributed by atoms with Crippen molar-refractivity contribution in [3.05, 3.63) is 60.4 Å². The number of rotatable bonds is 7. The maximum Gasteiger partial charge on any atom is 0.237 e. The molecule has 0 aliphatic heterocycles. The number of anilines is 1. The van der Waals surface area contributed by atoms with Gasteiger partial charge in [-0.2, -0.15) is 0 Å². The first kappa shape index (κ1) is 18.7. The monoisotopic (exact) mass is 392 g/mol. The van der Waals surface area contributed by atoms with Gasteiger partial charge in [-0.05, 0) is 38.3 Å². The highest BCUT2D eigenvalue weighted by molar-refractivity contribution is 8.00. The summed E-state index contributed by atoms with van der Waals surface area (Å²) in [4.78, 5) is 12.9. The highest BCUT2D eigenvalue weighted by Crippen LogP contribution is 2.40. The summed E-state index contributed by atoms with van der Waals surface area (Å²) in [6, 6.07) is 18.0. The third kappa shape index (κ3) is 3.97. The smallest absolute Gasteiger partial charge is 0.237 e. The molecular weight excluding hydrogens is 368 g/mol. The number of para-hydroxylation sites is 1. The molecule has 0 unspecified atom stereocenters. The van der Waals surface area contributed by atoms with Crippen molar-refractivity contribution in [1.82, 2.24) is 14.8 Å². The summed E-state index contributed by atoms with van der Waals surface area (Å²) >= 11 is 1.47. The number of aromatic nitrogens is 3. The van der Waals surface area contributed by atoms with Crippen LogP contribution in [0.2, 0.25) is 0 Å². The van der Waals surface area contributed by atoms with Crippen LogP contribution in [0.4, 0.5) is 5.69 Å². The van der Waals surface area contributed by atoms with Gasteiger partial charge in [-0.15, -0.1) is 10.2 Å². The fourth-order valence-electron chi connectivity index (χ4n) is 3.24. The molecule has 144 valence electrons. The molecule has 1 aliphatic rings. The Bertz CT molecular complexity index is 966. The lowest BCUT2D eigenvalue weighted by molar-refractivity contribution is -0.115. The van der Waals surface area contributed by atoms with Gasteiger partial charge in [0.2, 0.25) is 5.91 Å². The van der Waals surface area contributed by atoms with E-state index in [9.17, 15) is 4.79 Å². The van der Waals surface area contributed by atoms with Crippen LogP contribution in [-0.4, -0.2) is 25.9 Å². The van der Waals surface area contributed by atoms with Crippen LogP contribution in [0.25, 0.3) is 11.1 Å².